The number of rotatable bonds is 2. The Kier molecular flexibility index (Phi) is 3.54. The number of nitrogens with zero attached hydrogens (tertiary/aromatic N) is 1. The van der Waals surface area contributed by atoms with Gasteiger partial charge >= 0.3 is 0 Å². The van der Waals surface area contributed by atoms with Crippen LogP contribution in [0.25, 0.3) is 0 Å². The molecule has 0 radical (unpaired) electrons. The summed E-state index contributed by atoms with van der Waals surface area (Å²) in [6.45, 7) is 3.38. The summed E-state index contributed by atoms with van der Waals surface area (Å²) in [6, 6.07) is 7.53. The van der Waals surface area contributed by atoms with Crippen molar-refractivity contribution in [2.45, 2.75) is 25.3 Å². The largest absolute Gasteiger partial charge is 0.332 e. The number of benzene rings is 1. The van der Waals surface area contributed by atoms with Crippen molar-refractivity contribution < 1.29 is 4.79 Å². The van der Waals surface area contributed by atoms with Crippen LogP contribution < -0.4 is 5.73 Å². The predicted octanol–water partition coefficient (Wildman–Crippen LogP) is 2.40. The summed E-state index contributed by atoms with van der Waals surface area (Å²) in [6.07, 6.45) is 2.02. The third-order valence-electron chi connectivity index (χ3n) is 3.54. The van der Waals surface area contributed by atoms with Crippen LogP contribution in [0.5, 0.6) is 0 Å². The van der Waals surface area contributed by atoms with Gasteiger partial charge in [0.15, 0.2) is 0 Å². The highest BCUT2D eigenvalue weighted by Gasteiger charge is 2.39. The molecule has 1 aliphatic rings. The predicted molar refractivity (Wildman–Crippen MR) is 71.9 cm³/mol. The lowest BCUT2D eigenvalue weighted by Gasteiger charge is -2.34. The minimum Gasteiger partial charge on any atom is -0.332 e. The highest BCUT2D eigenvalue weighted by molar-refractivity contribution is 9.10. The SMILES string of the molecule is CC1(CN)CCCN1C(=O)c1ccccc1Br. The summed E-state index contributed by atoms with van der Waals surface area (Å²) < 4.78 is 0.844. The molecule has 1 aliphatic heterocycles. The molecule has 1 unspecified atom stereocenters. The Bertz CT molecular complexity index is 435. The molecule has 1 aromatic rings. The molecule has 2 N–H and O–H groups in total. The molecule has 92 valence electrons. The maximum absolute atomic E-state index is 12.5. The highest BCUT2D eigenvalue weighted by Crippen LogP contribution is 2.30. The Balaban J connectivity index is 2.30. The molecule has 1 heterocycles. The van der Waals surface area contributed by atoms with Crippen LogP contribution in [0, 0.1) is 0 Å². The number of halogens is 1. The number of hydrogen-bond donors (Lipinski definition) is 1. The molecule has 2 rings (SSSR count). The zero-order chi connectivity index (χ0) is 12.5. The van der Waals surface area contributed by atoms with Gasteiger partial charge in [-0.15, -0.1) is 0 Å². The van der Waals surface area contributed by atoms with E-state index in [2.05, 4.69) is 22.9 Å². The van der Waals surface area contributed by atoms with E-state index in [4.69, 9.17) is 5.73 Å². The molecule has 1 atom stereocenters. The van der Waals surface area contributed by atoms with Crippen LogP contribution in [0.1, 0.15) is 30.1 Å². The molecule has 1 aromatic carbocycles. The first kappa shape index (κ1) is 12.6. The van der Waals surface area contributed by atoms with Gasteiger partial charge in [0, 0.05) is 17.6 Å². The smallest absolute Gasteiger partial charge is 0.255 e. The average molecular weight is 297 g/mol. The Morgan fingerprint density at radius 2 is 2.24 bits per heavy atom. The third-order valence-corrected chi connectivity index (χ3v) is 4.23. The molecule has 0 spiro atoms. The Labute approximate surface area is 110 Å². The third kappa shape index (κ3) is 2.24. The fourth-order valence-corrected chi connectivity index (χ4v) is 2.82. The van der Waals surface area contributed by atoms with E-state index in [9.17, 15) is 4.79 Å². The minimum atomic E-state index is -0.188. The van der Waals surface area contributed by atoms with E-state index in [1.807, 2.05) is 29.2 Å². The molecule has 0 bridgehead atoms. The van der Waals surface area contributed by atoms with Gasteiger partial charge in [-0.3, -0.25) is 4.79 Å². The minimum absolute atomic E-state index is 0.0722. The van der Waals surface area contributed by atoms with E-state index < -0.39 is 0 Å². The standard InChI is InChI=1S/C13H17BrN2O/c1-13(9-15)7-4-8-16(13)12(17)10-5-2-3-6-11(10)14/h2-3,5-6H,4,7-9,15H2,1H3. The van der Waals surface area contributed by atoms with Gasteiger partial charge in [0.25, 0.3) is 5.91 Å². The quantitative estimate of drug-likeness (QED) is 0.911. The highest BCUT2D eigenvalue weighted by atomic mass is 79.9. The lowest BCUT2D eigenvalue weighted by Crippen LogP contribution is -2.50. The monoisotopic (exact) mass is 296 g/mol. The number of hydrogen-bond acceptors (Lipinski definition) is 2. The number of carbonyl (C=O) groups is 1. The van der Waals surface area contributed by atoms with Crippen molar-refractivity contribution in [3.05, 3.63) is 34.3 Å². The molecule has 1 saturated heterocycles. The molecule has 0 aliphatic carbocycles. The zero-order valence-corrected chi connectivity index (χ0v) is 11.5. The van der Waals surface area contributed by atoms with Gasteiger partial charge in [0.2, 0.25) is 0 Å². The molecule has 17 heavy (non-hydrogen) atoms. The summed E-state index contributed by atoms with van der Waals surface area (Å²) in [5, 5.41) is 0. The van der Waals surface area contributed by atoms with Gasteiger partial charge < -0.3 is 10.6 Å². The lowest BCUT2D eigenvalue weighted by molar-refractivity contribution is 0.0636. The van der Waals surface area contributed by atoms with E-state index in [1.54, 1.807) is 0 Å². The van der Waals surface area contributed by atoms with Crippen molar-refractivity contribution in [3.63, 3.8) is 0 Å². The van der Waals surface area contributed by atoms with Crippen molar-refractivity contribution in [2.75, 3.05) is 13.1 Å². The van der Waals surface area contributed by atoms with Crippen molar-refractivity contribution in [1.82, 2.24) is 4.90 Å². The van der Waals surface area contributed by atoms with Gasteiger partial charge in [-0.05, 0) is 47.8 Å². The Morgan fingerprint density at radius 3 is 2.88 bits per heavy atom. The van der Waals surface area contributed by atoms with E-state index in [-0.39, 0.29) is 11.4 Å². The van der Waals surface area contributed by atoms with Crippen LogP contribution in [0.15, 0.2) is 28.7 Å². The van der Waals surface area contributed by atoms with Crippen LogP contribution in [-0.2, 0) is 0 Å². The topological polar surface area (TPSA) is 46.3 Å². The van der Waals surface area contributed by atoms with E-state index in [0.29, 0.717) is 12.1 Å². The molecule has 3 nitrogen and oxygen atoms in total. The van der Waals surface area contributed by atoms with Gasteiger partial charge in [-0.25, -0.2) is 0 Å². The van der Waals surface area contributed by atoms with Crippen LogP contribution in [-0.4, -0.2) is 29.4 Å². The van der Waals surface area contributed by atoms with Crippen LogP contribution in [0.3, 0.4) is 0 Å². The fourth-order valence-electron chi connectivity index (χ4n) is 2.36. The van der Waals surface area contributed by atoms with Gasteiger partial charge in [0.1, 0.15) is 0 Å². The molecular formula is C13H17BrN2O. The first-order chi connectivity index (χ1) is 8.08. The maximum atomic E-state index is 12.5. The number of carbonyl (C=O) groups excluding carboxylic acids is 1. The zero-order valence-electron chi connectivity index (χ0n) is 9.95. The number of amides is 1. The average Bonchev–Trinajstić information content (AvgIpc) is 2.72. The van der Waals surface area contributed by atoms with E-state index in [1.165, 1.54) is 0 Å². The second-order valence-electron chi connectivity index (χ2n) is 4.74. The second kappa shape index (κ2) is 4.78. The van der Waals surface area contributed by atoms with Crippen molar-refractivity contribution in [1.29, 1.82) is 0 Å². The summed E-state index contributed by atoms with van der Waals surface area (Å²) in [5.41, 5.74) is 6.34. The lowest BCUT2D eigenvalue weighted by atomic mass is 9.98. The Hall–Kier alpha value is -0.870. The first-order valence-electron chi connectivity index (χ1n) is 5.85. The molecular weight excluding hydrogens is 280 g/mol. The van der Waals surface area contributed by atoms with Crippen molar-refractivity contribution in [2.24, 2.45) is 5.73 Å². The van der Waals surface area contributed by atoms with E-state index >= 15 is 0 Å². The van der Waals surface area contributed by atoms with Gasteiger partial charge in [-0.2, -0.15) is 0 Å². The van der Waals surface area contributed by atoms with Gasteiger partial charge in [-0.1, -0.05) is 12.1 Å². The summed E-state index contributed by atoms with van der Waals surface area (Å²) in [4.78, 5) is 14.4. The normalized spacial score (nSPS) is 24.1. The number of likely N-dealkylation sites (tertiary alicyclic amines) is 1. The summed E-state index contributed by atoms with van der Waals surface area (Å²) in [5.74, 6) is 0.0722. The van der Waals surface area contributed by atoms with E-state index in [0.717, 1.165) is 23.9 Å². The first-order valence-corrected chi connectivity index (χ1v) is 6.64. The molecule has 1 amide bonds. The van der Waals surface area contributed by atoms with Gasteiger partial charge in [0.05, 0.1) is 11.1 Å². The molecule has 1 fully saturated rings. The van der Waals surface area contributed by atoms with Crippen LogP contribution >= 0.6 is 15.9 Å². The summed E-state index contributed by atoms with van der Waals surface area (Å²) in [7, 11) is 0. The maximum Gasteiger partial charge on any atom is 0.255 e. The number of nitrogens with two attached hydrogens (primary N) is 1. The van der Waals surface area contributed by atoms with Crippen molar-refractivity contribution in [3.8, 4) is 0 Å². The second-order valence-corrected chi connectivity index (χ2v) is 5.60. The molecule has 4 heteroatoms. The molecule has 0 aromatic heterocycles. The van der Waals surface area contributed by atoms with Crippen molar-refractivity contribution >= 4 is 21.8 Å². The Morgan fingerprint density at radius 1 is 1.53 bits per heavy atom. The summed E-state index contributed by atoms with van der Waals surface area (Å²) >= 11 is 3.42. The van der Waals surface area contributed by atoms with Crippen LogP contribution in [0.4, 0.5) is 0 Å². The fraction of sp³-hybridized carbons (Fsp3) is 0.462. The molecule has 0 saturated carbocycles. The van der Waals surface area contributed by atoms with Crippen LogP contribution in [0.2, 0.25) is 0 Å².